The van der Waals surface area contributed by atoms with Crippen molar-refractivity contribution in [2.24, 2.45) is 0 Å². The number of amides is 1. The number of carbonyl (C=O) groups is 3. The summed E-state index contributed by atoms with van der Waals surface area (Å²) in [5.41, 5.74) is 0.412. The molecule has 1 heterocycles. The third-order valence-corrected chi connectivity index (χ3v) is 4.23. The van der Waals surface area contributed by atoms with Crippen molar-refractivity contribution in [1.82, 2.24) is 9.78 Å². The molecule has 0 saturated heterocycles. The first-order valence-corrected chi connectivity index (χ1v) is 8.82. The molecular weight excluding hydrogens is 405 g/mol. The number of hydrogen-bond acceptors (Lipinski definition) is 6. The molecule has 10 heteroatoms. The number of nitrogens with one attached hydrogen (secondary N) is 1. The number of carbonyl (C=O) groups excluding carboxylic acids is 3. The van der Waals surface area contributed by atoms with E-state index in [1.807, 2.05) is 0 Å². The summed E-state index contributed by atoms with van der Waals surface area (Å²) in [5, 5.41) is 6.80. The molecule has 1 aromatic heterocycles. The third-order valence-electron chi connectivity index (χ3n) is 3.90. The number of anilines is 1. The first kappa shape index (κ1) is 22.1. The van der Waals surface area contributed by atoms with Crippen LogP contribution in [0.15, 0.2) is 36.7 Å². The van der Waals surface area contributed by atoms with Gasteiger partial charge in [0.15, 0.2) is 0 Å². The fraction of sp³-hybridized carbons (Fsp3) is 0.263. The van der Waals surface area contributed by atoms with E-state index in [-0.39, 0.29) is 23.4 Å². The molecule has 0 aliphatic heterocycles. The lowest BCUT2D eigenvalue weighted by Crippen LogP contribution is -2.19. The van der Waals surface area contributed by atoms with Gasteiger partial charge in [-0.15, -0.1) is 0 Å². The van der Waals surface area contributed by atoms with Gasteiger partial charge in [0.25, 0.3) is 0 Å². The van der Waals surface area contributed by atoms with E-state index in [0.717, 1.165) is 6.08 Å². The Kier molecular flexibility index (Phi) is 7.90. The van der Waals surface area contributed by atoms with Gasteiger partial charge in [0.2, 0.25) is 5.91 Å². The monoisotopic (exact) mass is 423 g/mol. The maximum Gasteiger partial charge on any atom is 0.307 e. The van der Waals surface area contributed by atoms with Crippen molar-refractivity contribution in [3.05, 3.63) is 53.1 Å². The maximum atomic E-state index is 13.7. The highest BCUT2D eigenvalue weighted by Gasteiger charge is 2.21. The third kappa shape index (κ3) is 6.42. The van der Waals surface area contributed by atoms with Gasteiger partial charge in [0.1, 0.15) is 5.82 Å². The number of benzene rings is 1. The second-order valence-corrected chi connectivity index (χ2v) is 6.29. The lowest BCUT2D eigenvalue weighted by Gasteiger charge is -2.15. The second-order valence-electron chi connectivity index (χ2n) is 5.88. The van der Waals surface area contributed by atoms with Crippen molar-refractivity contribution in [1.29, 1.82) is 0 Å². The summed E-state index contributed by atoms with van der Waals surface area (Å²) in [7, 11) is 2.47. The molecule has 0 fully saturated rings. The Bertz CT molecular complexity index is 890. The predicted molar refractivity (Wildman–Crippen MR) is 104 cm³/mol. The molecule has 0 saturated carbocycles. The normalized spacial score (nSPS) is 10.9. The Morgan fingerprint density at radius 1 is 1.24 bits per heavy atom. The van der Waals surface area contributed by atoms with Gasteiger partial charge in [-0.05, 0) is 18.2 Å². The largest absolute Gasteiger partial charge is 0.469 e. The van der Waals surface area contributed by atoms with Crippen LogP contribution in [0.5, 0.6) is 0 Å². The summed E-state index contributed by atoms with van der Waals surface area (Å²) < 4.78 is 24.4. The van der Waals surface area contributed by atoms with Crippen LogP contribution in [0.2, 0.25) is 5.02 Å². The van der Waals surface area contributed by atoms with Crippen LogP contribution in [0.4, 0.5) is 10.1 Å². The summed E-state index contributed by atoms with van der Waals surface area (Å²) in [6.07, 6.45) is 4.98. The van der Waals surface area contributed by atoms with Crippen molar-refractivity contribution in [3.8, 4) is 0 Å². The predicted octanol–water partition coefficient (Wildman–Crippen LogP) is 2.99. The Morgan fingerprint density at radius 2 is 1.90 bits per heavy atom. The van der Waals surface area contributed by atoms with E-state index in [9.17, 15) is 18.8 Å². The molecule has 0 unspecified atom stereocenters. The van der Waals surface area contributed by atoms with Crippen molar-refractivity contribution in [2.75, 3.05) is 19.5 Å². The topological polar surface area (TPSA) is 99.5 Å². The quantitative estimate of drug-likeness (QED) is 0.517. The lowest BCUT2D eigenvalue weighted by atomic mass is 10.1. The van der Waals surface area contributed by atoms with Crippen LogP contribution in [0.3, 0.4) is 0 Å². The van der Waals surface area contributed by atoms with E-state index in [2.05, 4.69) is 19.9 Å². The van der Waals surface area contributed by atoms with Gasteiger partial charge in [-0.1, -0.05) is 17.7 Å². The standard InChI is InChI=1S/C19H19ClFN3O5/c1-28-18(26)8-13(9-19(27)29-2)24-11-12(10-22-24)23-17(25)7-6-14-15(20)4-3-5-16(14)21/h3-7,10-11,13H,8-9H2,1-2H3,(H,23,25)/b7-6+. The number of nitrogens with zero attached hydrogens (tertiary/aromatic N) is 2. The fourth-order valence-corrected chi connectivity index (χ4v) is 2.65. The molecule has 29 heavy (non-hydrogen) atoms. The number of hydrogen-bond donors (Lipinski definition) is 1. The molecule has 2 rings (SSSR count). The van der Waals surface area contributed by atoms with Gasteiger partial charge >= 0.3 is 11.9 Å². The summed E-state index contributed by atoms with van der Waals surface area (Å²) in [4.78, 5) is 35.3. The Labute approximate surface area is 171 Å². The molecule has 0 aliphatic rings. The van der Waals surface area contributed by atoms with Crippen LogP contribution in [0.1, 0.15) is 24.4 Å². The molecule has 8 nitrogen and oxygen atoms in total. The number of halogens is 2. The minimum Gasteiger partial charge on any atom is -0.469 e. The Morgan fingerprint density at radius 3 is 2.48 bits per heavy atom. The highest BCUT2D eigenvalue weighted by molar-refractivity contribution is 6.32. The molecule has 1 aromatic carbocycles. The maximum absolute atomic E-state index is 13.7. The van der Waals surface area contributed by atoms with E-state index in [1.165, 1.54) is 55.6 Å². The SMILES string of the molecule is COC(=O)CC(CC(=O)OC)n1cc(NC(=O)/C=C/c2c(F)cccc2Cl)cn1. The average Bonchev–Trinajstić information content (AvgIpc) is 3.15. The first-order valence-electron chi connectivity index (χ1n) is 8.45. The van der Waals surface area contributed by atoms with Gasteiger partial charge in [-0.2, -0.15) is 5.10 Å². The number of methoxy groups -OCH3 is 2. The summed E-state index contributed by atoms with van der Waals surface area (Å²) >= 11 is 5.91. The van der Waals surface area contributed by atoms with Gasteiger partial charge in [-0.3, -0.25) is 19.1 Å². The van der Waals surface area contributed by atoms with Crippen LogP contribution in [-0.4, -0.2) is 41.8 Å². The van der Waals surface area contributed by atoms with Gasteiger partial charge in [0, 0.05) is 17.8 Å². The number of esters is 2. The minimum absolute atomic E-state index is 0.0937. The van der Waals surface area contributed by atoms with E-state index in [0.29, 0.717) is 5.69 Å². The zero-order valence-electron chi connectivity index (χ0n) is 15.7. The molecule has 0 spiro atoms. The summed E-state index contributed by atoms with van der Waals surface area (Å²) in [5.74, 6) is -2.14. The molecule has 0 atom stereocenters. The number of aromatic nitrogens is 2. The first-order chi connectivity index (χ1) is 13.8. The molecule has 0 aliphatic carbocycles. The fourth-order valence-electron chi connectivity index (χ4n) is 2.43. The van der Waals surface area contributed by atoms with Gasteiger partial charge in [0.05, 0.1) is 50.0 Å². The van der Waals surface area contributed by atoms with Crippen molar-refractivity contribution >= 4 is 41.2 Å². The summed E-state index contributed by atoms with van der Waals surface area (Å²) in [6, 6.07) is 3.56. The van der Waals surface area contributed by atoms with E-state index < -0.39 is 29.7 Å². The molecule has 154 valence electrons. The highest BCUT2D eigenvalue weighted by Crippen LogP contribution is 2.21. The van der Waals surface area contributed by atoms with Gasteiger partial charge in [-0.25, -0.2) is 4.39 Å². The summed E-state index contributed by atoms with van der Waals surface area (Å²) in [6.45, 7) is 0. The van der Waals surface area contributed by atoms with Crippen LogP contribution in [0.25, 0.3) is 6.08 Å². The second kappa shape index (κ2) is 10.4. The van der Waals surface area contributed by atoms with Crippen LogP contribution >= 0.6 is 11.6 Å². The number of ether oxygens (including phenoxy) is 2. The average molecular weight is 424 g/mol. The lowest BCUT2D eigenvalue weighted by molar-refractivity contribution is -0.144. The minimum atomic E-state index is -0.645. The molecule has 1 amide bonds. The molecule has 1 N–H and O–H groups in total. The molecule has 0 bridgehead atoms. The van der Waals surface area contributed by atoms with E-state index >= 15 is 0 Å². The van der Waals surface area contributed by atoms with Crippen LogP contribution in [-0.2, 0) is 23.9 Å². The highest BCUT2D eigenvalue weighted by atomic mass is 35.5. The van der Waals surface area contributed by atoms with Crippen molar-refractivity contribution in [3.63, 3.8) is 0 Å². The van der Waals surface area contributed by atoms with Crippen LogP contribution in [0, 0.1) is 5.82 Å². The van der Waals surface area contributed by atoms with Crippen molar-refractivity contribution < 1.29 is 28.2 Å². The van der Waals surface area contributed by atoms with Gasteiger partial charge < -0.3 is 14.8 Å². The molecule has 0 radical (unpaired) electrons. The smallest absolute Gasteiger partial charge is 0.307 e. The van der Waals surface area contributed by atoms with E-state index in [4.69, 9.17) is 11.6 Å². The Balaban J connectivity index is 2.08. The zero-order chi connectivity index (χ0) is 21.4. The number of rotatable bonds is 8. The molecular formula is C19H19ClFN3O5. The van der Waals surface area contributed by atoms with Crippen LogP contribution < -0.4 is 5.32 Å². The van der Waals surface area contributed by atoms with Crippen molar-refractivity contribution in [2.45, 2.75) is 18.9 Å². The Hall–Kier alpha value is -3.20. The van der Waals surface area contributed by atoms with E-state index in [1.54, 1.807) is 0 Å². The molecule has 2 aromatic rings. The zero-order valence-corrected chi connectivity index (χ0v) is 16.5.